The molecule has 1 aromatic heterocycles. The molecular weight excluding hydrogens is 480 g/mol. The van der Waals surface area contributed by atoms with Gasteiger partial charge in [-0.3, -0.25) is 4.79 Å². The van der Waals surface area contributed by atoms with Gasteiger partial charge in [0, 0.05) is 22.1 Å². The molecule has 2 aromatic carbocycles. The van der Waals surface area contributed by atoms with E-state index in [9.17, 15) is 14.7 Å². The average Bonchev–Trinajstić information content (AvgIpc) is 3.30. The second-order valence-corrected chi connectivity index (χ2v) is 10.8. The third-order valence-corrected chi connectivity index (χ3v) is 6.56. The van der Waals surface area contributed by atoms with Crippen molar-refractivity contribution in [2.24, 2.45) is 0 Å². The van der Waals surface area contributed by atoms with Gasteiger partial charge in [-0.1, -0.05) is 48.9 Å². The molecule has 1 saturated heterocycles. The molecule has 0 bridgehead atoms. The number of hydrazine groups is 1. The van der Waals surface area contributed by atoms with E-state index in [4.69, 9.17) is 16.3 Å². The number of hydrogen-bond acceptors (Lipinski definition) is 5. The second kappa shape index (κ2) is 10.5. The number of aromatic nitrogens is 1. The zero-order valence-corrected chi connectivity index (χ0v) is 21.7. The van der Waals surface area contributed by atoms with Gasteiger partial charge in [0.2, 0.25) is 0 Å². The minimum absolute atomic E-state index is 0.0602. The van der Waals surface area contributed by atoms with Gasteiger partial charge in [0.25, 0.3) is 0 Å². The number of para-hydroxylation sites is 1. The molecule has 5 atom stereocenters. The van der Waals surface area contributed by atoms with E-state index in [1.165, 1.54) is 0 Å². The van der Waals surface area contributed by atoms with Crippen LogP contribution < -0.4 is 10.7 Å². The monoisotopic (exact) mass is 512 g/mol. The number of nitrogens with zero attached hydrogens (tertiary/aromatic N) is 1. The van der Waals surface area contributed by atoms with Crippen LogP contribution in [0.5, 0.6) is 0 Å². The number of aromatic amines is 1. The summed E-state index contributed by atoms with van der Waals surface area (Å²) in [5.41, 5.74) is 5.74. The smallest absolute Gasteiger partial charge is 0.408 e. The molecule has 4 N–H and O–H groups in total. The number of alkyl carbamates (subject to hydrolysis) is 1. The van der Waals surface area contributed by atoms with Crippen molar-refractivity contribution in [3.63, 3.8) is 0 Å². The Morgan fingerprint density at radius 1 is 1.17 bits per heavy atom. The Labute approximate surface area is 215 Å². The molecule has 36 heavy (non-hydrogen) atoms. The number of carbonyl (C=O) groups excluding carboxylic acids is 1. The van der Waals surface area contributed by atoms with E-state index in [-0.39, 0.29) is 12.0 Å². The molecule has 3 unspecified atom stereocenters. The summed E-state index contributed by atoms with van der Waals surface area (Å²) in [4.78, 5) is 27.9. The molecular formula is C27H33ClN4O4. The number of aliphatic carboxylic acids is 1. The first-order valence-electron chi connectivity index (χ1n) is 12.1. The lowest BCUT2D eigenvalue weighted by Gasteiger charge is -2.27. The molecule has 1 aliphatic heterocycles. The van der Waals surface area contributed by atoms with Crippen LogP contribution in [0.3, 0.4) is 0 Å². The molecule has 3 aromatic rings. The summed E-state index contributed by atoms with van der Waals surface area (Å²) in [6.07, 6.45) is 1.90. The number of hydrogen-bond donors (Lipinski definition) is 4. The van der Waals surface area contributed by atoms with Crippen LogP contribution in [0.2, 0.25) is 5.02 Å². The minimum atomic E-state index is -0.908. The SMILES string of the molecule is CC(CC(NC(=O)OC(C)(C)C)NN1[C@H](Cc2c[nH]c3ccccc23)[C@@H]1C(=O)O)c1ccc(Cl)cc1. The van der Waals surface area contributed by atoms with E-state index < -0.39 is 29.9 Å². The Morgan fingerprint density at radius 3 is 2.53 bits per heavy atom. The van der Waals surface area contributed by atoms with Gasteiger partial charge in [-0.05, 0) is 68.9 Å². The summed E-state index contributed by atoms with van der Waals surface area (Å²) in [7, 11) is 0. The van der Waals surface area contributed by atoms with Crippen molar-refractivity contribution < 1.29 is 19.4 Å². The number of rotatable bonds is 9. The van der Waals surface area contributed by atoms with Crippen LogP contribution in [0.25, 0.3) is 10.9 Å². The first-order valence-corrected chi connectivity index (χ1v) is 12.5. The van der Waals surface area contributed by atoms with Crippen molar-refractivity contribution >= 4 is 34.6 Å². The zero-order valence-electron chi connectivity index (χ0n) is 20.9. The fourth-order valence-electron chi connectivity index (χ4n) is 4.53. The van der Waals surface area contributed by atoms with Crippen LogP contribution in [-0.2, 0) is 16.0 Å². The Morgan fingerprint density at radius 2 is 1.86 bits per heavy atom. The van der Waals surface area contributed by atoms with E-state index in [1.807, 2.05) is 54.7 Å². The Balaban J connectivity index is 1.50. The quantitative estimate of drug-likeness (QED) is 0.236. The summed E-state index contributed by atoms with van der Waals surface area (Å²) < 4.78 is 5.46. The Kier molecular flexibility index (Phi) is 7.59. The minimum Gasteiger partial charge on any atom is -0.480 e. The molecule has 1 aliphatic rings. The number of carbonyl (C=O) groups is 2. The van der Waals surface area contributed by atoms with Crippen molar-refractivity contribution in [3.8, 4) is 0 Å². The molecule has 192 valence electrons. The van der Waals surface area contributed by atoms with E-state index in [0.717, 1.165) is 22.0 Å². The third-order valence-electron chi connectivity index (χ3n) is 6.31. The summed E-state index contributed by atoms with van der Waals surface area (Å²) >= 11 is 6.04. The maximum absolute atomic E-state index is 12.6. The Bertz CT molecular complexity index is 1220. The molecule has 1 amide bonds. The van der Waals surface area contributed by atoms with Crippen LogP contribution in [0.1, 0.15) is 51.2 Å². The van der Waals surface area contributed by atoms with Gasteiger partial charge in [-0.15, -0.1) is 0 Å². The number of fused-ring (bicyclic) bond motifs is 1. The van der Waals surface area contributed by atoms with Gasteiger partial charge in [0.1, 0.15) is 11.6 Å². The normalized spacial score (nSPS) is 21.1. The van der Waals surface area contributed by atoms with Crippen LogP contribution in [0, 0.1) is 0 Å². The number of amides is 1. The van der Waals surface area contributed by atoms with Crippen LogP contribution in [0.15, 0.2) is 54.7 Å². The average molecular weight is 513 g/mol. The standard InChI is InChI=1S/C27H33ClN4O4/c1-16(17-9-11-19(28)12-10-17)13-23(30-26(35)36-27(2,3)4)31-32-22(24(32)25(33)34)14-18-15-29-21-8-6-5-7-20(18)21/h5-12,15-16,22-24,29,31H,13-14H2,1-4H3,(H,30,35)(H,33,34)/t16?,22-,23?,24-,32?/m1/s1. The summed E-state index contributed by atoms with van der Waals surface area (Å²) in [5.74, 6) is -0.848. The summed E-state index contributed by atoms with van der Waals surface area (Å²) in [6.45, 7) is 7.45. The summed E-state index contributed by atoms with van der Waals surface area (Å²) in [6, 6.07) is 14.6. The highest BCUT2D eigenvalue weighted by molar-refractivity contribution is 6.30. The molecule has 8 nitrogen and oxygen atoms in total. The summed E-state index contributed by atoms with van der Waals surface area (Å²) in [5, 5.41) is 16.2. The Hall–Kier alpha value is -3.07. The van der Waals surface area contributed by atoms with Gasteiger partial charge in [0.05, 0.1) is 12.2 Å². The molecule has 9 heteroatoms. The number of halogens is 1. The van der Waals surface area contributed by atoms with E-state index in [1.54, 1.807) is 25.8 Å². The number of nitrogens with one attached hydrogen (secondary N) is 3. The largest absolute Gasteiger partial charge is 0.480 e. The van der Waals surface area contributed by atoms with Gasteiger partial charge >= 0.3 is 12.1 Å². The maximum atomic E-state index is 12.6. The molecule has 0 radical (unpaired) electrons. The zero-order chi connectivity index (χ0) is 26.0. The first kappa shape index (κ1) is 26.0. The molecule has 1 fully saturated rings. The maximum Gasteiger partial charge on any atom is 0.408 e. The lowest BCUT2D eigenvalue weighted by molar-refractivity contribution is -0.137. The van der Waals surface area contributed by atoms with Crippen molar-refractivity contribution in [1.82, 2.24) is 20.7 Å². The van der Waals surface area contributed by atoms with Gasteiger partial charge in [-0.2, -0.15) is 0 Å². The van der Waals surface area contributed by atoms with Crippen LogP contribution in [-0.4, -0.2) is 51.0 Å². The topological polar surface area (TPSA) is 106 Å². The number of carboxylic acid groups (broad SMARTS) is 1. The number of ether oxygens (including phenoxy) is 1. The molecule has 2 heterocycles. The van der Waals surface area contributed by atoms with E-state index >= 15 is 0 Å². The predicted octanol–water partition coefficient (Wildman–Crippen LogP) is 5.05. The molecule has 4 rings (SSSR count). The molecule has 0 spiro atoms. The highest BCUT2D eigenvalue weighted by Crippen LogP contribution is 2.33. The van der Waals surface area contributed by atoms with Crippen molar-refractivity contribution in [3.05, 3.63) is 70.9 Å². The van der Waals surface area contributed by atoms with Gasteiger partial charge < -0.3 is 20.1 Å². The number of carboxylic acids is 1. The number of benzene rings is 2. The lowest BCUT2D eigenvalue weighted by atomic mass is 9.96. The fraction of sp³-hybridized carbons (Fsp3) is 0.407. The van der Waals surface area contributed by atoms with Crippen molar-refractivity contribution in [1.29, 1.82) is 0 Å². The highest BCUT2D eigenvalue weighted by atomic mass is 35.5. The van der Waals surface area contributed by atoms with E-state index in [2.05, 4.69) is 22.7 Å². The van der Waals surface area contributed by atoms with Gasteiger partial charge in [-0.25, -0.2) is 15.2 Å². The first-order chi connectivity index (χ1) is 17.0. The fourth-order valence-corrected chi connectivity index (χ4v) is 4.66. The molecule has 0 aliphatic carbocycles. The lowest BCUT2D eigenvalue weighted by Crippen LogP contribution is -2.50. The van der Waals surface area contributed by atoms with Gasteiger partial charge in [0.15, 0.2) is 0 Å². The van der Waals surface area contributed by atoms with Crippen LogP contribution in [0.4, 0.5) is 4.79 Å². The van der Waals surface area contributed by atoms with Crippen LogP contribution >= 0.6 is 11.6 Å². The van der Waals surface area contributed by atoms with Crippen molar-refractivity contribution in [2.75, 3.05) is 0 Å². The number of H-pyrrole nitrogens is 1. The second-order valence-electron chi connectivity index (χ2n) is 10.3. The third kappa shape index (κ3) is 6.37. The molecule has 0 saturated carbocycles. The predicted molar refractivity (Wildman–Crippen MR) is 140 cm³/mol. The highest BCUT2D eigenvalue weighted by Gasteiger charge is 2.54. The van der Waals surface area contributed by atoms with E-state index in [0.29, 0.717) is 17.9 Å². The van der Waals surface area contributed by atoms with Crippen molar-refractivity contribution in [2.45, 2.75) is 70.3 Å².